The van der Waals surface area contributed by atoms with Crippen LogP contribution in [0.25, 0.3) is 0 Å². The van der Waals surface area contributed by atoms with Crippen LogP contribution in [0.2, 0.25) is 5.02 Å². The van der Waals surface area contributed by atoms with Crippen LogP contribution in [0.4, 0.5) is 23.2 Å². The maximum Gasteiger partial charge on any atom is 0.416 e. The van der Waals surface area contributed by atoms with Crippen LogP contribution in [0, 0.1) is 23.1 Å². The van der Waals surface area contributed by atoms with Crippen molar-refractivity contribution in [1.82, 2.24) is 4.98 Å². The van der Waals surface area contributed by atoms with Crippen molar-refractivity contribution in [1.29, 1.82) is 5.26 Å². The molecule has 1 aromatic heterocycles. The SMILES string of the molecule is CC(C)C(Nc1ccc(C(F)(F)F)cc1Cl)C(=O)OC(C#N)c1cccc(Oc2ccccc2F)n1. The van der Waals surface area contributed by atoms with E-state index in [9.17, 15) is 27.6 Å². The molecule has 0 aliphatic heterocycles. The van der Waals surface area contributed by atoms with Crippen molar-refractivity contribution in [3.05, 3.63) is 82.8 Å². The number of halogens is 5. The van der Waals surface area contributed by atoms with Gasteiger partial charge < -0.3 is 14.8 Å². The molecule has 0 spiro atoms. The number of nitrogens with one attached hydrogen (secondary N) is 1. The number of aromatic nitrogens is 1. The number of alkyl halides is 3. The highest BCUT2D eigenvalue weighted by molar-refractivity contribution is 6.33. The summed E-state index contributed by atoms with van der Waals surface area (Å²) in [5.74, 6) is -1.96. The first-order valence-electron chi connectivity index (χ1n) is 10.6. The van der Waals surface area contributed by atoms with Gasteiger partial charge in [-0.25, -0.2) is 14.2 Å². The molecule has 1 N–H and O–H groups in total. The standard InChI is InChI=1S/C25H20ClF4N3O3/c1-14(2)23(33-18-11-10-15(12-16(18)26)25(28,29)30)24(34)36-21(13-31)19-7-5-9-22(32-19)35-20-8-4-3-6-17(20)27/h3-12,14,21,23,33H,1-2H3. The molecule has 2 atom stereocenters. The van der Waals surface area contributed by atoms with E-state index in [0.717, 1.165) is 18.2 Å². The normalized spacial score (nSPS) is 13.0. The summed E-state index contributed by atoms with van der Waals surface area (Å²) in [5, 5.41) is 12.1. The van der Waals surface area contributed by atoms with Crippen LogP contribution >= 0.6 is 11.6 Å². The molecule has 1 heterocycles. The fourth-order valence-corrected chi connectivity index (χ4v) is 3.33. The molecule has 2 unspecified atom stereocenters. The van der Waals surface area contributed by atoms with Gasteiger partial charge in [-0.1, -0.05) is 43.6 Å². The van der Waals surface area contributed by atoms with Gasteiger partial charge >= 0.3 is 12.1 Å². The second kappa shape index (κ2) is 11.3. The zero-order valence-corrected chi connectivity index (χ0v) is 19.8. The van der Waals surface area contributed by atoms with Gasteiger partial charge in [0.25, 0.3) is 0 Å². The van der Waals surface area contributed by atoms with E-state index in [-0.39, 0.29) is 34.0 Å². The number of benzene rings is 2. The second-order valence-corrected chi connectivity index (χ2v) is 8.34. The van der Waals surface area contributed by atoms with Crippen LogP contribution < -0.4 is 10.1 Å². The monoisotopic (exact) mass is 521 g/mol. The summed E-state index contributed by atoms with van der Waals surface area (Å²) < 4.78 is 63.4. The molecule has 188 valence electrons. The molecule has 0 saturated heterocycles. The summed E-state index contributed by atoms with van der Waals surface area (Å²) in [6, 6.07) is 13.5. The Balaban J connectivity index is 1.77. The Morgan fingerprint density at radius 3 is 2.44 bits per heavy atom. The Labute approximate surface area is 209 Å². The lowest BCUT2D eigenvalue weighted by Gasteiger charge is -2.24. The predicted octanol–water partition coefficient (Wildman–Crippen LogP) is 6.93. The van der Waals surface area contributed by atoms with E-state index in [0.29, 0.717) is 0 Å². The Kier molecular flexibility index (Phi) is 8.37. The van der Waals surface area contributed by atoms with E-state index in [4.69, 9.17) is 21.1 Å². The fourth-order valence-electron chi connectivity index (χ4n) is 3.09. The van der Waals surface area contributed by atoms with Crippen LogP contribution in [-0.4, -0.2) is 17.0 Å². The highest BCUT2D eigenvalue weighted by atomic mass is 35.5. The number of hydrogen-bond acceptors (Lipinski definition) is 6. The molecule has 11 heteroatoms. The van der Waals surface area contributed by atoms with Crippen LogP contribution in [0.15, 0.2) is 60.7 Å². The third kappa shape index (κ3) is 6.64. The van der Waals surface area contributed by atoms with Gasteiger partial charge in [0.15, 0.2) is 11.6 Å². The number of nitriles is 1. The van der Waals surface area contributed by atoms with Gasteiger partial charge in [0.1, 0.15) is 12.1 Å². The molecule has 0 radical (unpaired) electrons. The molecule has 0 aliphatic carbocycles. The molecule has 2 aromatic carbocycles. The van der Waals surface area contributed by atoms with Crippen LogP contribution in [0.1, 0.15) is 31.2 Å². The van der Waals surface area contributed by atoms with Crippen molar-refractivity contribution in [3.8, 4) is 17.7 Å². The summed E-state index contributed by atoms with van der Waals surface area (Å²) >= 11 is 6.00. The Morgan fingerprint density at radius 1 is 1.11 bits per heavy atom. The third-order valence-electron chi connectivity index (χ3n) is 4.94. The van der Waals surface area contributed by atoms with Crippen molar-refractivity contribution in [2.45, 2.75) is 32.2 Å². The molecule has 3 aromatic rings. The number of pyridine rings is 1. The van der Waals surface area contributed by atoms with Gasteiger partial charge in [0.2, 0.25) is 12.0 Å². The highest BCUT2D eigenvalue weighted by Gasteiger charge is 2.32. The summed E-state index contributed by atoms with van der Waals surface area (Å²) in [6.45, 7) is 3.36. The lowest BCUT2D eigenvalue weighted by Crippen LogP contribution is -2.37. The molecule has 6 nitrogen and oxygen atoms in total. The minimum absolute atomic E-state index is 0.0241. The molecule has 0 bridgehead atoms. The number of rotatable bonds is 8. The number of nitrogens with zero attached hydrogens (tertiary/aromatic N) is 2. The Bertz CT molecular complexity index is 1280. The van der Waals surface area contributed by atoms with Gasteiger partial charge in [-0.05, 0) is 42.3 Å². The smallest absolute Gasteiger partial charge is 0.416 e. The minimum Gasteiger partial charge on any atom is -0.439 e. The topological polar surface area (TPSA) is 84.2 Å². The zero-order chi connectivity index (χ0) is 26.5. The number of hydrogen-bond donors (Lipinski definition) is 1. The Hall–Kier alpha value is -3.84. The second-order valence-electron chi connectivity index (χ2n) is 7.94. The van der Waals surface area contributed by atoms with E-state index in [2.05, 4.69) is 10.3 Å². The number of carbonyl (C=O) groups excluding carboxylic acids is 1. The van der Waals surface area contributed by atoms with Gasteiger partial charge in [-0.3, -0.25) is 0 Å². The van der Waals surface area contributed by atoms with E-state index in [1.165, 1.54) is 36.4 Å². The van der Waals surface area contributed by atoms with Gasteiger partial charge in [0, 0.05) is 6.07 Å². The van der Waals surface area contributed by atoms with Gasteiger partial charge in [-0.15, -0.1) is 0 Å². The first kappa shape index (κ1) is 26.8. The van der Waals surface area contributed by atoms with Gasteiger partial charge in [-0.2, -0.15) is 18.4 Å². The molecule has 0 saturated carbocycles. The van der Waals surface area contributed by atoms with Crippen LogP contribution in [-0.2, 0) is 15.7 Å². The van der Waals surface area contributed by atoms with Gasteiger partial charge in [0.05, 0.1) is 22.0 Å². The van der Waals surface area contributed by atoms with E-state index < -0.39 is 35.7 Å². The number of esters is 1. The van der Waals surface area contributed by atoms with Crippen LogP contribution in [0.3, 0.4) is 0 Å². The quantitative estimate of drug-likeness (QED) is 0.255. The summed E-state index contributed by atoms with van der Waals surface area (Å²) in [7, 11) is 0. The summed E-state index contributed by atoms with van der Waals surface area (Å²) in [4.78, 5) is 17.1. The molecular formula is C25H20ClF4N3O3. The van der Waals surface area contributed by atoms with Crippen molar-refractivity contribution >= 4 is 23.3 Å². The first-order valence-corrected chi connectivity index (χ1v) is 11.0. The largest absolute Gasteiger partial charge is 0.439 e. The molecule has 0 aliphatic rings. The van der Waals surface area contributed by atoms with Crippen molar-refractivity contribution in [2.24, 2.45) is 5.92 Å². The summed E-state index contributed by atoms with van der Waals surface area (Å²) in [5.41, 5.74) is -0.809. The molecule has 0 amide bonds. The predicted molar refractivity (Wildman–Crippen MR) is 124 cm³/mol. The van der Waals surface area contributed by atoms with Crippen molar-refractivity contribution in [3.63, 3.8) is 0 Å². The number of para-hydroxylation sites is 1. The highest BCUT2D eigenvalue weighted by Crippen LogP contribution is 2.34. The first-order chi connectivity index (χ1) is 17.0. The third-order valence-corrected chi connectivity index (χ3v) is 5.26. The lowest BCUT2D eigenvalue weighted by molar-refractivity contribution is -0.149. The Morgan fingerprint density at radius 2 is 1.83 bits per heavy atom. The fraction of sp³-hybridized carbons (Fsp3) is 0.240. The average Bonchev–Trinajstić information content (AvgIpc) is 2.82. The average molecular weight is 522 g/mol. The number of carbonyl (C=O) groups is 1. The maximum atomic E-state index is 13.9. The zero-order valence-electron chi connectivity index (χ0n) is 19.0. The van der Waals surface area contributed by atoms with Crippen molar-refractivity contribution in [2.75, 3.05) is 5.32 Å². The van der Waals surface area contributed by atoms with E-state index in [1.807, 2.05) is 6.07 Å². The molecular weight excluding hydrogens is 502 g/mol. The number of anilines is 1. The molecule has 3 rings (SSSR count). The molecule has 0 fully saturated rings. The van der Waals surface area contributed by atoms with E-state index >= 15 is 0 Å². The minimum atomic E-state index is -4.57. The maximum absolute atomic E-state index is 13.9. The number of ether oxygens (including phenoxy) is 2. The van der Waals surface area contributed by atoms with Crippen molar-refractivity contribution < 1.29 is 31.8 Å². The summed E-state index contributed by atoms with van der Waals surface area (Å²) in [6.07, 6.45) is -6.01. The lowest BCUT2D eigenvalue weighted by atomic mass is 10.0. The molecule has 36 heavy (non-hydrogen) atoms. The van der Waals surface area contributed by atoms with Crippen LogP contribution in [0.5, 0.6) is 11.6 Å². The van der Waals surface area contributed by atoms with E-state index in [1.54, 1.807) is 19.9 Å².